The largest absolute Gasteiger partial charge is 0.388 e. The highest BCUT2D eigenvalue weighted by Gasteiger charge is 2.14. The second-order valence-electron chi connectivity index (χ2n) is 3.59. The number of halogens is 3. The summed E-state index contributed by atoms with van der Waals surface area (Å²) in [5.74, 6) is -0.412. The van der Waals surface area contributed by atoms with Crippen molar-refractivity contribution in [1.82, 2.24) is 0 Å². The fourth-order valence-corrected chi connectivity index (χ4v) is 2.95. The van der Waals surface area contributed by atoms with Crippen LogP contribution in [0.4, 0.5) is 4.39 Å². The lowest BCUT2D eigenvalue weighted by atomic mass is 10.1. The number of rotatable bonds is 3. The van der Waals surface area contributed by atoms with E-state index in [1.807, 2.05) is 6.07 Å². The molecule has 0 saturated carbocycles. The van der Waals surface area contributed by atoms with Crippen LogP contribution in [0.1, 0.15) is 16.5 Å². The fraction of sp³-hybridized carbons (Fsp3) is 0.167. The molecule has 0 radical (unpaired) electrons. The molecular weight excluding hydrogens is 282 g/mol. The number of hydrogen-bond acceptors (Lipinski definition) is 2. The van der Waals surface area contributed by atoms with E-state index in [0.29, 0.717) is 16.3 Å². The van der Waals surface area contributed by atoms with E-state index in [2.05, 4.69) is 0 Å². The zero-order valence-corrected chi connectivity index (χ0v) is 11.0. The Morgan fingerprint density at radius 2 is 2.00 bits per heavy atom. The van der Waals surface area contributed by atoms with Crippen molar-refractivity contribution in [3.05, 3.63) is 55.9 Å². The van der Waals surface area contributed by atoms with E-state index in [9.17, 15) is 9.50 Å². The molecule has 1 aromatic carbocycles. The first kappa shape index (κ1) is 12.8. The third-order valence-electron chi connectivity index (χ3n) is 2.34. The van der Waals surface area contributed by atoms with Crippen molar-refractivity contribution in [2.45, 2.75) is 12.5 Å². The van der Waals surface area contributed by atoms with E-state index in [4.69, 9.17) is 23.2 Å². The third-order valence-corrected chi connectivity index (χ3v) is 3.93. The van der Waals surface area contributed by atoms with Crippen molar-refractivity contribution in [1.29, 1.82) is 0 Å². The molecule has 0 aliphatic rings. The van der Waals surface area contributed by atoms with Crippen LogP contribution in [-0.4, -0.2) is 5.11 Å². The molecule has 1 unspecified atom stereocenters. The van der Waals surface area contributed by atoms with Gasteiger partial charge in [0.2, 0.25) is 0 Å². The molecule has 17 heavy (non-hydrogen) atoms. The molecule has 0 saturated heterocycles. The minimum atomic E-state index is -0.752. The second kappa shape index (κ2) is 5.36. The van der Waals surface area contributed by atoms with E-state index in [1.165, 1.54) is 29.5 Å². The lowest BCUT2D eigenvalue weighted by Crippen LogP contribution is -2.01. The van der Waals surface area contributed by atoms with E-state index in [-0.39, 0.29) is 5.02 Å². The summed E-state index contributed by atoms with van der Waals surface area (Å²) >= 11 is 13.1. The molecule has 0 amide bonds. The van der Waals surface area contributed by atoms with Crippen LogP contribution >= 0.6 is 34.5 Å². The Balaban J connectivity index is 2.17. The Bertz CT molecular complexity index is 527. The Kier molecular flexibility index (Phi) is 4.05. The average molecular weight is 291 g/mol. The zero-order valence-electron chi connectivity index (χ0n) is 8.66. The maximum atomic E-state index is 12.9. The number of benzene rings is 1. The molecule has 0 spiro atoms. The predicted octanol–water partition coefficient (Wildman–Crippen LogP) is 4.47. The van der Waals surface area contributed by atoms with Crippen LogP contribution in [0.2, 0.25) is 9.36 Å². The minimum absolute atomic E-state index is 0.236. The van der Waals surface area contributed by atoms with Gasteiger partial charge >= 0.3 is 0 Å². The predicted molar refractivity (Wildman–Crippen MR) is 69.4 cm³/mol. The summed E-state index contributed by atoms with van der Waals surface area (Å²) < 4.78 is 13.5. The van der Waals surface area contributed by atoms with Gasteiger partial charge in [0.25, 0.3) is 0 Å². The van der Waals surface area contributed by atoms with Crippen LogP contribution in [-0.2, 0) is 6.42 Å². The van der Waals surface area contributed by atoms with Crippen LogP contribution in [0, 0.1) is 5.82 Å². The summed E-state index contributed by atoms with van der Waals surface area (Å²) in [6.07, 6.45) is -0.333. The molecule has 1 heterocycles. The van der Waals surface area contributed by atoms with Crippen LogP contribution in [0.15, 0.2) is 30.3 Å². The van der Waals surface area contributed by atoms with E-state index in [0.717, 1.165) is 4.88 Å². The molecule has 1 N–H and O–H groups in total. The molecule has 0 bridgehead atoms. The lowest BCUT2D eigenvalue weighted by Gasteiger charge is -2.11. The van der Waals surface area contributed by atoms with Gasteiger partial charge in [0.05, 0.1) is 10.4 Å². The van der Waals surface area contributed by atoms with Crippen molar-refractivity contribution >= 4 is 34.5 Å². The summed E-state index contributed by atoms with van der Waals surface area (Å²) in [6.45, 7) is 0. The quantitative estimate of drug-likeness (QED) is 0.884. The summed E-state index contributed by atoms with van der Waals surface area (Å²) in [7, 11) is 0. The molecule has 1 aromatic heterocycles. The van der Waals surface area contributed by atoms with Crippen LogP contribution in [0.5, 0.6) is 0 Å². The summed E-state index contributed by atoms with van der Waals surface area (Å²) in [4.78, 5) is 0.961. The van der Waals surface area contributed by atoms with Gasteiger partial charge < -0.3 is 5.11 Å². The summed E-state index contributed by atoms with van der Waals surface area (Å²) in [5, 5.41) is 10.2. The molecular formula is C12H9Cl2FOS. The lowest BCUT2D eigenvalue weighted by molar-refractivity contribution is 0.179. The summed E-state index contributed by atoms with van der Waals surface area (Å²) in [6, 6.07) is 7.61. The molecule has 0 aliphatic heterocycles. The van der Waals surface area contributed by atoms with Crippen molar-refractivity contribution < 1.29 is 9.50 Å². The molecule has 0 aliphatic carbocycles. The second-order valence-corrected chi connectivity index (χ2v) is 5.80. The highest BCUT2D eigenvalue weighted by Crippen LogP contribution is 2.29. The summed E-state index contributed by atoms with van der Waals surface area (Å²) in [5.41, 5.74) is 0.526. The maximum absolute atomic E-state index is 12.9. The van der Waals surface area contributed by atoms with Gasteiger partial charge in [-0.25, -0.2) is 4.39 Å². The standard InChI is InChI=1S/C12H9Cl2FOS/c13-10-5-7(15)1-3-9(10)11(16)6-8-2-4-12(14)17-8/h1-5,11,16H,6H2. The van der Waals surface area contributed by atoms with Crippen LogP contribution < -0.4 is 0 Å². The fourth-order valence-electron chi connectivity index (χ4n) is 1.53. The number of aliphatic hydroxyl groups excluding tert-OH is 1. The third kappa shape index (κ3) is 3.19. The minimum Gasteiger partial charge on any atom is -0.388 e. The van der Waals surface area contributed by atoms with Crippen molar-refractivity contribution in [3.63, 3.8) is 0 Å². The highest BCUT2D eigenvalue weighted by molar-refractivity contribution is 7.16. The Morgan fingerprint density at radius 1 is 1.24 bits per heavy atom. The van der Waals surface area contributed by atoms with Gasteiger partial charge in [-0.05, 0) is 29.8 Å². The molecule has 2 aromatic rings. The number of aliphatic hydroxyl groups is 1. The average Bonchev–Trinajstić information content (AvgIpc) is 2.63. The Labute approximate surface area is 112 Å². The smallest absolute Gasteiger partial charge is 0.124 e. The van der Waals surface area contributed by atoms with Gasteiger partial charge in [-0.1, -0.05) is 29.3 Å². The molecule has 1 atom stereocenters. The molecule has 0 fully saturated rings. The van der Waals surface area contributed by atoms with Gasteiger partial charge in [0, 0.05) is 16.3 Å². The zero-order chi connectivity index (χ0) is 12.4. The van der Waals surface area contributed by atoms with Gasteiger partial charge in [-0.2, -0.15) is 0 Å². The van der Waals surface area contributed by atoms with E-state index in [1.54, 1.807) is 6.07 Å². The first-order valence-electron chi connectivity index (χ1n) is 4.93. The first-order chi connectivity index (χ1) is 8.06. The topological polar surface area (TPSA) is 20.2 Å². The van der Waals surface area contributed by atoms with Gasteiger partial charge in [-0.15, -0.1) is 11.3 Å². The van der Waals surface area contributed by atoms with Crippen molar-refractivity contribution in [2.75, 3.05) is 0 Å². The molecule has 5 heteroatoms. The molecule has 1 nitrogen and oxygen atoms in total. The monoisotopic (exact) mass is 290 g/mol. The molecule has 90 valence electrons. The van der Waals surface area contributed by atoms with E-state index >= 15 is 0 Å². The SMILES string of the molecule is OC(Cc1ccc(Cl)s1)c1ccc(F)cc1Cl. The van der Waals surface area contributed by atoms with Crippen molar-refractivity contribution in [3.8, 4) is 0 Å². The van der Waals surface area contributed by atoms with Gasteiger partial charge in [0.1, 0.15) is 5.82 Å². The number of hydrogen-bond donors (Lipinski definition) is 1. The van der Waals surface area contributed by atoms with Crippen LogP contribution in [0.25, 0.3) is 0 Å². The molecule has 2 rings (SSSR count). The highest BCUT2D eigenvalue weighted by atomic mass is 35.5. The normalized spacial score (nSPS) is 12.7. The number of thiophene rings is 1. The van der Waals surface area contributed by atoms with E-state index < -0.39 is 11.9 Å². The van der Waals surface area contributed by atoms with Crippen molar-refractivity contribution in [2.24, 2.45) is 0 Å². The maximum Gasteiger partial charge on any atom is 0.124 e. The Hall–Kier alpha value is -0.610. The van der Waals surface area contributed by atoms with Gasteiger partial charge in [0.15, 0.2) is 0 Å². The Morgan fingerprint density at radius 3 is 2.59 bits per heavy atom. The first-order valence-corrected chi connectivity index (χ1v) is 6.51. The van der Waals surface area contributed by atoms with Gasteiger partial charge in [-0.3, -0.25) is 0 Å². The van der Waals surface area contributed by atoms with Crippen LogP contribution in [0.3, 0.4) is 0 Å².